The fraction of sp³-hybridized carbons (Fsp3) is 0.600. The molecule has 4 fully saturated rings. The Morgan fingerprint density at radius 2 is 1.00 bits per heavy atom. The van der Waals surface area contributed by atoms with E-state index in [2.05, 4.69) is 34.1 Å². The Balaban J connectivity index is 0.000000137. The third kappa shape index (κ3) is 8.41. The zero-order valence-electron chi connectivity index (χ0n) is 32.8. The lowest BCUT2D eigenvalue weighted by atomic mass is 9.77. The largest absolute Gasteiger partial charge is 0.478 e. The van der Waals surface area contributed by atoms with Crippen molar-refractivity contribution in [1.82, 2.24) is 18.4 Å². The molecule has 0 aromatic heterocycles. The molecule has 18 heteroatoms. The molecule has 4 saturated heterocycles. The average Bonchev–Trinajstić information content (AvgIpc) is 3.85. The molecule has 10 rings (SSSR count). The SMILES string of the molecule is CS(=O)(=O)N1CCC[C@@H]2CN3CCc4cc5c(cc4[C@@H]3C[C@@H]21)OCO5.CS(=O)(=O)N1CCC[C@@H]2CN3CCc4cc5c(cc4[C@@H]3C[C@@H]21)OCO5.O=C(O)C=CC(=O)O. The highest BCUT2D eigenvalue weighted by molar-refractivity contribution is 7.88. The maximum absolute atomic E-state index is 12.3. The lowest BCUT2D eigenvalue weighted by Gasteiger charge is -2.51. The van der Waals surface area contributed by atoms with Gasteiger partial charge in [-0.05, 0) is 110 Å². The molecule has 8 aliphatic heterocycles. The Hall–Kier alpha value is -3.94. The van der Waals surface area contributed by atoms with Gasteiger partial charge in [-0.15, -0.1) is 0 Å². The topological polar surface area (TPSA) is 193 Å². The number of carbonyl (C=O) groups is 2. The molecule has 0 bridgehead atoms. The van der Waals surface area contributed by atoms with Gasteiger partial charge in [0.25, 0.3) is 0 Å². The van der Waals surface area contributed by atoms with Crippen molar-refractivity contribution in [3.63, 3.8) is 0 Å². The molecule has 8 aliphatic rings. The maximum Gasteiger partial charge on any atom is 0.328 e. The Labute approximate surface area is 339 Å². The zero-order valence-corrected chi connectivity index (χ0v) is 34.5. The number of rotatable bonds is 4. The van der Waals surface area contributed by atoms with Crippen LogP contribution in [-0.2, 0) is 42.5 Å². The summed E-state index contributed by atoms with van der Waals surface area (Å²) in [5.74, 6) is 1.73. The number of sulfonamides is 2. The summed E-state index contributed by atoms with van der Waals surface area (Å²) in [6.45, 7) is 5.99. The summed E-state index contributed by atoms with van der Waals surface area (Å²) in [4.78, 5) is 24.2. The first kappa shape index (κ1) is 40.8. The number of fused-ring (bicyclic) bond motifs is 10. The van der Waals surface area contributed by atoms with Crippen molar-refractivity contribution < 1.29 is 55.6 Å². The van der Waals surface area contributed by atoms with E-state index in [9.17, 15) is 26.4 Å². The first-order chi connectivity index (χ1) is 27.6. The summed E-state index contributed by atoms with van der Waals surface area (Å²) in [6, 6.07) is 9.31. The van der Waals surface area contributed by atoms with Gasteiger partial charge in [-0.25, -0.2) is 26.4 Å². The second kappa shape index (κ2) is 16.3. The van der Waals surface area contributed by atoms with Crippen molar-refractivity contribution >= 4 is 32.0 Å². The zero-order chi connectivity index (χ0) is 40.9. The molecule has 58 heavy (non-hydrogen) atoms. The monoisotopic (exact) mass is 844 g/mol. The van der Waals surface area contributed by atoms with Gasteiger partial charge in [0.1, 0.15) is 0 Å². The van der Waals surface area contributed by atoms with Crippen LogP contribution in [0.15, 0.2) is 36.4 Å². The number of ether oxygens (including phenoxy) is 4. The van der Waals surface area contributed by atoms with Crippen LogP contribution in [0.1, 0.15) is 72.9 Å². The van der Waals surface area contributed by atoms with E-state index in [-0.39, 0.29) is 24.2 Å². The molecular formula is C40H52N4O12S2. The minimum atomic E-state index is -3.15. The predicted octanol–water partition coefficient (Wildman–Crippen LogP) is 3.23. The number of nitrogens with zero attached hydrogens (tertiary/aromatic N) is 4. The van der Waals surface area contributed by atoms with Gasteiger partial charge in [0.15, 0.2) is 23.0 Å². The van der Waals surface area contributed by atoms with Crippen LogP contribution >= 0.6 is 0 Å². The fourth-order valence-electron chi connectivity index (χ4n) is 10.6. The van der Waals surface area contributed by atoms with Gasteiger partial charge in [-0.1, -0.05) is 0 Å². The molecule has 2 aromatic rings. The van der Waals surface area contributed by atoms with Crippen LogP contribution in [-0.4, -0.2) is 135 Å². The highest BCUT2D eigenvalue weighted by atomic mass is 32.2. The number of hydrogen-bond donors (Lipinski definition) is 2. The van der Waals surface area contributed by atoms with E-state index in [4.69, 9.17) is 29.2 Å². The second-order valence-electron chi connectivity index (χ2n) is 16.5. The summed E-state index contributed by atoms with van der Waals surface area (Å²) in [7, 11) is -6.30. The van der Waals surface area contributed by atoms with Crippen LogP contribution in [0.25, 0.3) is 0 Å². The molecule has 2 N–H and O–H groups in total. The number of piperidine rings is 4. The number of hydrogen-bond acceptors (Lipinski definition) is 12. The van der Waals surface area contributed by atoms with Crippen LogP contribution in [0.2, 0.25) is 0 Å². The van der Waals surface area contributed by atoms with Crippen molar-refractivity contribution in [3.05, 3.63) is 58.7 Å². The predicted molar refractivity (Wildman–Crippen MR) is 211 cm³/mol. The average molecular weight is 845 g/mol. The Morgan fingerprint density at radius 3 is 1.36 bits per heavy atom. The molecule has 6 atom stereocenters. The second-order valence-corrected chi connectivity index (χ2v) is 20.4. The van der Waals surface area contributed by atoms with E-state index in [1.165, 1.54) is 34.8 Å². The van der Waals surface area contributed by atoms with Gasteiger partial charge < -0.3 is 29.2 Å². The number of carboxylic acids is 2. The third-order valence-electron chi connectivity index (χ3n) is 13.0. The third-order valence-corrected chi connectivity index (χ3v) is 15.6. The lowest BCUT2D eigenvalue weighted by Crippen LogP contribution is -2.57. The first-order valence-corrected chi connectivity index (χ1v) is 23.7. The van der Waals surface area contributed by atoms with Gasteiger partial charge in [-0.3, -0.25) is 9.80 Å². The maximum atomic E-state index is 12.3. The molecule has 0 radical (unpaired) electrons. The van der Waals surface area contributed by atoms with Crippen molar-refractivity contribution in [1.29, 1.82) is 0 Å². The molecule has 316 valence electrons. The standard InChI is InChI=1S/2C18H24N2O4S.C4H4O4/c2*1-25(21,22)20-5-2-3-13-10-19-6-4-12-7-17-18(24-11-23-17)8-14(12)16(19)9-15(13)20;5-3(6)1-2-4(7)8/h2*7-8,13,15-16H,2-6,9-11H2,1H3;1-2H,(H,5,6)(H,7,8)/t2*13-,15+,16+;/m11./s1. The van der Waals surface area contributed by atoms with Crippen LogP contribution in [0.3, 0.4) is 0 Å². The van der Waals surface area contributed by atoms with E-state index in [1.54, 1.807) is 8.61 Å². The highest BCUT2D eigenvalue weighted by Crippen LogP contribution is 2.48. The van der Waals surface area contributed by atoms with E-state index < -0.39 is 32.0 Å². The molecule has 0 amide bonds. The summed E-state index contributed by atoms with van der Waals surface area (Å²) in [5, 5.41) is 15.6. The van der Waals surface area contributed by atoms with Crippen molar-refractivity contribution in [2.75, 3.05) is 65.4 Å². The van der Waals surface area contributed by atoms with Gasteiger partial charge >= 0.3 is 11.9 Å². The molecule has 0 unspecified atom stereocenters. The number of aliphatic carboxylic acids is 2. The summed E-state index contributed by atoms with van der Waals surface area (Å²) < 4.78 is 74.8. The molecule has 0 saturated carbocycles. The van der Waals surface area contributed by atoms with Crippen molar-refractivity contribution in [2.24, 2.45) is 11.8 Å². The lowest BCUT2D eigenvalue weighted by molar-refractivity contribution is -0.134. The van der Waals surface area contributed by atoms with E-state index in [0.717, 1.165) is 101 Å². The van der Waals surface area contributed by atoms with Crippen LogP contribution < -0.4 is 18.9 Å². The summed E-state index contributed by atoms with van der Waals surface area (Å²) >= 11 is 0. The Morgan fingerprint density at radius 1 is 0.621 bits per heavy atom. The number of benzene rings is 2. The van der Waals surface area contributed by atoms with Gasteiger partial charge in [0.05, 0.1) is 12.5 Å². The fourth-order valence-corrected chi connectivity index (χ4v) is 13.0. The van der Waals surface area contributed by atoms with Crippen LogP contribution in [0, 0.1) is 11.8 Å². The minimum Gasteiger partial charge on any atom is -0.478 e. The Bertz CT molecular complexity index is 2030. The molecule has 8 heterocycles. The van der Waals surface area contributed by atoms with E-state index >= 15 is 0 Å². The van der Waals surface area contributed by atoms with Gasteiger partial charge in [0.2, 0.25) is 33.6 Å². The molecular weight excluding hydrogens is 793 g/mol. The Kier molecular flexibility index (Phi) is 11.4. The van der Waals surface area contributed by atoms with Crippen molar-refractivity contribution in [3.8, 4) is 23.0 Å². The molecule has 2 aromatic carbocycles. The quantitative estimate of drug-likeness (QED) is 0.427. The van der Waals surface area contributed by atoms with E-state index in [0.29, 0.717) is 50.7 Å². The number of carboxylic acid groups (broad SMARTS) is 2. The summed E-state index contributed by atoms with van der Waals surface area (Å²) in [5.41, 5.74) is 5.25. The smallest absolute Gasteiger partial charge is 0.328 e. The summed E-state index contributed by atoms with van der Waals surface area (Å²) in [6.07, 6.45) is 11.8. The van der Waals surface area contributed by atoms with Gasteiger partial charge in [-0.2, -0.15) is 8.61 Å². The molecule has 0 spiro atoms. The molecule has 0 aliphatic carbocycles. The molecule has 16 nitrogen and oxygen atoms in total. The highest BCUT2D eigenvalue weighted by Gasteiger charge is 2.47. The van der Waals surface area contributed by atoms with Crippen LogP contribution in [0.5, 0.6) is 23.0 Å². The van der Waals surface area contributed by atoms with Crippen molar-refractivity contribution in [2.45, 2.75) is 75.5 Å². The van der Waals surface area contributed by atoms with Gasteiger partial charge in [0, 0.05) is 75.6 Å². The normalized spacial score (nSPS) is 28.9. The van der Waals surface area contributed by atoms with E-state index in [1.807, 2.05) is 0 Å². The minimum absolute atomic E-state index is 0.126. The first-order valence-electron chi connectivity index (χ1n) is 20.0. The van der Waals surface area contributed by atoms with Crippen LogP contribution in [0.4, 0.5) is 0 Å².